The van der Waals surface area contributed by atoms with Crippen LogP contribution in [0.4, 0.5) is 0 Å². The Balaban J connectivity index is 2.07. The van der Waals surface area contributed by atoms with Gasteiger partial charge in [-0.25, -0.2) is 8.42 Å². The fourth-order valence-electron chi connectivity index (χ4n) is 2.88. The van der Waals surface area contributed by atoms with Crippen molar-refractivity contribution in [1.29, 1.82) is 0 Å². The van der Waals surface area contributed by atoms with Gasteiger partial charge in [-0.3, -0.25) is 0 Å². The van der Waals surface area contributed by atoms with Crippen molar-refractivity contribution in [3.05, 3.63) is 35.4 Å². The van der Waals surface area contributed by atoms with Crippen LogP contribution in [-0.4, -0.2) is 26.5 Å². The van der Waals surface area contributed by atoms with Crippen LogP contribution in [0.25, 0.3) is 0 Å². The molecule has 0 radical (unpaired) electrons. The first-order valence-electron chi connectivity index (χ1n) is 6.87. The lowest BCUT2D eigenvalue weighted by Gasteiger charge is -2.28. The lowest BCUT2D eigenvalue weighted by molar-refractivity contribution is 0.273. The molecule has 1 aromatic carbocycles. The van der Waals surface area contributed by atoms with Crippen molar-refractivity contribution in [3.8, 4) is 0 Å². The number of nitrogens with one attached hydrogen (secondary N) is 1. The third-order valence-electron chi connectivity index (χ3n) is 3.99. The van der Waals surface area contributed by atoms with Crippen LogP contribution in [-0.2, 0) is 16.3 Å². The van der Waals surface area contributed by atoms with Gasteiger partial charge in [-0.2, -0.15) is 0 Å². The third kappa shape index (κ3) is 3.18. The van der Waals surface area contributed by atoms with Crippen molar-refractivity contribution in [2.75, 3.05) is 18.1 Å². The summed E-state index contributed by atoms with van der Waals surface area (Å²) in [6.45, 7) is 6.70. The van der Waals surface area contributed by atoms with Crippen LogP contribution in [0, 0.1) is 5.41 Å². The number of hydrogen-bond acceptors (Lipinski definition) is 3. The molecule has 0 spiro atoms. The molecule has 1 N–H and O–H groups in total. The van der Waals surface area contributed by atoms with Crippen molar-refractivity contribution in [3.63, 3.8) is 0 Å². The van der Waals surface area contributed by atoms with Crippen molar-refractivity contribution >= 4 is 9.84 Å². The second kappa shape index (κ2) is 5.25. The Hall–Kier alpha value is -0.870. The van der Waals surface area contributed by atoms with Gasteiger partial charge < -0.3 is 5.32 Å². The van der Waals surface area contributed by atoms with Gasteiger partial charge in [0.1, 0.15) is 0 Å². The summed E-state index contributed by atoms with van der Waals surface area (Å²) in [6.07, 6.45) is 1.04. The average molecular weight is 281 g/mol. The van der Waals surface area contributed by atoms with Crippen LogP contribution in [0.1, 0.15) is 37.9 Å². The van der Waals surface area contributed by atoms with Gasteiger partial charge in [-0.05, 0) is 23.0 Å². The molecule has 1 aromatic rings. The topological polar surface area (TPSA) is 46.2 Å². The lowest BCUT2D eigenvalue weighted by Crippen LogP contribution is -2.34. The average Bonchev–Trinajstić information content (AvgIpc) is 2.60. The molecule has 0 amide bonds. The molecule has 0 saturated carbocycles. The summed E-state index contributed by atoms with van der Waals surface area (Å²) in [6, 6.07) is 8.68. The zero-order valence-corrected chi connectivity index (χ0v) is 12.8. The van der Waals surface area contributed by atoms with Crippen molar-refractivity contribution in [2.24, 2.45) is 5.41 Å². The van der Waals surface area contributed by atoms with Gasteiger partial charge in [-0.1, -0.05) is 45.0 Å². The molecule has 3 nitrogen and oxygen atoms in total. The monoisotopic (exact) mass is 281 g/mol. The first-order chi connectivity index (χ1) is 8.86. The molecule has 1 aliphatic carbocycles. The number of sulfone groups is 1. The summed E-state index contributed by atoms with van der Waals surface area (Å²) in [5, 5.41) is 3.44. The van der Waals surface area contributed by atoms with E-state index in [0.717, 1.165) is 6.42 Å². The molecule has 0 fully saturated rings. The van der Waals surface area contributed by atoms with Gasteiger partial charge in [-0.15, -0.1) is 0 Å². The predicted octanol–water partition coefficient (Wildman–Crippen LogP) is 2.33. The molecule has 19 heavy (non-hydrogen) atoms. The molecule has 0 saturated heterocycles. The normalized spacial score (nSPS) is 21.3. The second-order valence-corrected chi connectivity index (χ2v) is 8.46. The zero-order valence-electron chi connectivity index (χ0n) is 11.9. The smallest absolute Gasteiger partial charge is 0.151 e. The number of fused-ring (bicyclic) bond motifs is 1. The van der Waals surface area contributed by atoms with E-state index in [4.69, 9.17) is 0 Å². The van der Waals surface area contributed by atoms with E-state index in [2.05, 4.69) is 43.4 Å². The van der Waals surface area contributed by atoms with E-state index in [1.165, 1.54) is 11.1 Å². The Kier molecular flexibility index (Phi) is 4.02. The molecule has 1 unspecified atom stereocenters. The first kappa shape index (κ1) is 14.5. The quantitative estimate of drug-likeness (QED) is 0.901. The standard InChI is InChI=1S/C15H23NO2S/c1-4-19(17,18)10-9-16-14-13-8-6-5-7-12(13)11-15(14,2)3/h5-8,14,16H,4,9-11H2,1-3H3. The first-order valence-corrected chi connectivity index (χ1v) is 8.69. The SMILES string of the molecule is CCS(=O)(=O)CCNC1c2ccccc2CC1(C)C. The molecule has 0 aliphatic heterocycles. The third-order valence-corrected chi connectivity index (χ3v) is 5.70. The minimum Gasteiger partial charge on any atom is -0.308 e. The van der Waals surface area contributed by atoms with E-state index in [1.54, 1.807) is 6.92 Å². The van der Waals surface area contributed by atoms with Crippen molar-refractivity contribution < 1.29 is 8.42 Å². The largest absolute Gasteiger partial charge is 0.308 e. The van der Waals surface area contributed by atoms with Gasteiger partial charge in [0.05, 0.1) is 5.75 Å². The molecule has 1 atom stereocenters. The van der Waals surface area contributed by atoms with Gasteiger partial charge in [0.25, 0.3) is 0 Å². The van der Waals surface area contributed by atoms with E-state index in [-0.39, 0.29) is 23.0 Å². The molecular formula is C15H23NO2S. The van der Waals surface area contributed by atoms with Gasteiger partial charge in [0.2, 0.25) is 0 Å². The highest BCUT2D eigenvalue weighted by Crippen LogP contribution is 2.44. The highest BCUT2D eigenvalue weighted by Gasteiger charge is 2.38. The molecule has 0 heterocycles. The predicted molar refractivity (Wildman–Crippen MR) is 79.0 cm³/mol. The summed E-state index contributed by atoms with van der Waals surface area (Å²) < 4.78 is 23.1. The molecule has 1 aliphatic rings. The maximum Gasteiger partial charge on any atom is 0.151 e. The molecule has 106 valence electrons. The summed E-state index contributed by atoms with van der Waals surface area (Å²) in [4.78, 5) is 0. The van der Waals surface area contributed by atoms with Gasteiger partial charge in [0.15, 0.2) is 9.84 Å². The Labute approximate surface area is 116 Å². The summed E-state index contributed by atoms with van der Waals surface area (Å²) in [5.74, 6) is 0.442. The molecular weight excluding hydrogens is 258 g/mol. The highest BCUT2D eigenvalue weighted by atomic mass is 32.2. The van der Waals surface area contributed by atoms with E-state index in [9.17, 15) is 8.42 Å². The molecule has 4 heteroatoms. The van der Waals surface area contributed by atoms with Crippen LogP contribution in [0.3, 0.4) is 0 Å². The van der Waals surface area contributed by atoms with E-state index in [1.807, 2.05) is 0 Å². The Morgan fingerprint density at radius 2 is 2.00 bits per heavy atom. The van der Waals surface area contributed by atoms with Crippen molar-refractivity contribution in [1.82, 2.24) is 5.32 Å². The maximum atomic E-state index is 11.5. The molecule has 0 aromatic heterocycles. The Morgan fingerprint density at radius 3 is 2.68 bits per heavy atom. The van der Waals surface area contributed by atoms with Crippen LogP contribution in [0.5, 0.6) is 0 Å². The fourth-order valence-corrected chi connectivity index (χ4v) is 3.60. The number of hydrogen-bond donors (Lipinski definition) is 1. The van der Waals surface area contributed by atoms with Crippen molar-refractivity contribution in [2.45, 2.75) is 33.2 Å². The van der Waals surface area contributed by atoms with Gasteiger partial charge in [0, 0.05) is 18.3 Å². The van der Waals surface area contributed by atoms with Crippen LogP contribution in [0.2, 0.25) is 0 Å². The lowest BCUT2D eigenvalue weighted by atomic mass is 9.85. The summed E-state index contributed by atoms with van der Waals surface area (Å²) in [5.41, 5.74) is 2.84. The Morgan fingerprint density at radius 1 is 1.32 bits per heavy atom. The van der Waals surface area contributed by atoms with E-state index in [0.29, 0.717) is 6.54 Å². The minimum atomic E-state index is -2.89. The number of benzene rings is 1. The van der Waals surface area contributed by atoms with Crippen LogP contribution < -0.4 is 5.32 Å². The van der Waals surface area contributed by atoms with Crippen LogP contribution in [0.15, 0.2) is 24.3 Å². The minimum absolute atomic E-state index is 0.139. The molecule has 0 bridgehead atoms. The molecule has 2 rings (SSSR count). The highest BCUT2D eigenvalue weighted by molar-refractivity contribution is 7.91. The fraction of sp³-hybridized carbons (Fsp3) is 0.600. The summed E-state index contributed by atoms with van der Waals surface area (Å²) in [7, 11) is -2.89. The zero-order chi connectivity index (χ0) is 14.1. The summed E-state index contributed by atoms with van der Waals surface area (Å²) >= 11 is 0. The van der Waals surface area contributed by atoms with E-state index < -0.39 is 9.84 Å². The second-order valence-electron chi connectivity index (χ2n) is 5.99. The van der Waals surface area contributed by atoms with E-state index >= 15 is 0 Å². The maximum absolute atomic E-state index is 11.5. The van der Waals surface area contributed by atoms with Gasteiger partial charge >= 0.3 is 0 Å². The Bertz CT molecular complexity index is 549. The number of rotatable bonds is 5. The van der Waals surface area contributed by atoms with Crippen LogP contribution >= 0.6 is 0 Å².